The van der Waals surface area contributed by atoms with Crippen molar-refractivity contribution in [2.75, 3.05) is 49.6 Å². The number of nitrogens with zero attached hydrogens (tertiary/aromatic N) is 4. The first-order chi connectivity index (χ1) is 12.8. The lowest BCUT2D eigenvalue weighted by molar-refractivity contribution is 0.0302. The van der Waals surface area contributed by atoms with Gasteiger partial charge in [0.2, 0.25) is 5.95 Å². The zero-order valence-electron chi connectivity index (χ0n) is 14.7. The number of amides is 1. The maximum absolute atomic E-state index is 12.4. The molecule has 1 N–H and O–H groups in total. The summed E-state index contributed by atoms with van der Waals surface area (Å²) in [6.45, 7) is 4.66. The number of nitrogens with one attached hydrogen (secondary N) is 1. The van der Waals surface area contributed by atoms with Crippen LogP contribution in [-0.2, 0) is 4.74 Å². The first-order valence-electron chi connectivity index (χ1n) is 9.11. The summed E-state index contributed by atoms with van der Waals surface area (Å²) < 4.78 is 5.27. The van der Waals surface area contributed by atoms with Crippen molar-refractivity contribution in [3.05, 3.63) is 42.2 Å². The molecule has 0 atom stereocenters. The molecule has 3 heterocycles. The molecule has 26 heavy (non-hydrogen) atoms. The average Bonchev–Trinajstić information content (AvgIpc) is 3.24. The Hall–Kier alpha value is -2.67. The van der Waals surface area contributed by atoms with E-state index in [-0.39, 0.29) is 5.91 Å². The summed E-state index contributed by atoms with van der Waals surface area (Å²) in [6, 6.07) is 8.29. The van der Waals surface area contributed by atoms with Crippen LogP contribution in [0.15, 0.2) is 36.7 Å². The van der Waals surface area contributed by atoms with Crippen molar-refractivity contribution in [1.82, 2.24) is 14.9 Å². The number of ether oxygens (including phenoxy) is 1. The minimum absolute atomic E-state index is 0.0465. The van der Waals surface area contributed by atoms with Gasteiger partial charge in [-0.3, -0.25) is 4.79 Å². The molecule has 1 aromatic carbocycles. The number of hydrogen-bond donors (Lipinski definition) is 1. The van der Waals surface area contributed by atoms with Crippen molar-refractivity contribution in [2.45, 2.75) is 12.8 Å². The summed E-state index contributed by atoms with van der Waals surface area (Å²) in [4.78, 5) is 25.1. The number of rotatable bonds is 4. The third-order valence-electron chi connectivity index (χ3n) is 4.79. The standard InChI is InChI=1S/C19H23N5O2/c25-18(24-9-11-26-12-10-24)15-13-20-19(21-14-15)22-16-3-5-17(6-4-16)23-7-1-2-8-23/h3-6,13-14H,1-2,7-12H2,(H,20,21,22). The van der Waals surface area contributed by atoms with Crippen LogP contribution in [0.25, 0.3) is 0 Å². The van der Waals surface area contributed by atoms with Gasteiger partial charge in [-0.05, 0) is 37.1 Å². The molecule has 2 fully saturated rings. The summed E-state index contributed by atoms with van der Waals surface area (Å²) in [5.74, 6) is 0.437. The molecule has 0 spiro atoms. The lowest BCUT2D eigenvalue weighted by atomic mass is 10.2. The zero-order chi connectivity index (χ0) is 17.8. The van der Waals surface area contributed by atoms with E-state index in [9.17, 15) is 4.79 Å². The van der Waals surface area contributed by atoms with Crippen molar-refractivity contribution in [3.63, 3.8) is 0 Å². The molecule has 2 saturated heterocycles. The molecule has 0 unspecified atom stereocenters. The van der Waals surface area contributed by atoms with E-state index >= 15 is 0 Å². The molecule has 0 aliphatic carbocycles. The maximum atomic E-state index is 12.4. The van der Waals surface area contributed by atoms with Gasteiger partial charge in [0.05, 0.1) is 18.8 Å². The maximum Gasteiger partial charge on any atom is 0.257 e. The molecule has 2 aliphatic heterocycles. The second-order valence-electron chi connectivity index (χ2n) is 6.57. The fraction of sp³-hybridized carbons (Fsp3) is 0.421. The second kappa shape index (κ2) is 7.70. The fourth-order valence-corrected chi connectivity index (χ4v) is 3.31. The summed E-state index contributed by atoms with van der Waals surface area (Å²) in [6.07, 6.45) is 5.68. The smallest absolute Gasteiger partial charge is 0.257 e. The monoisotopic (exact) mass is 353 g/mol. The van der Waals surface area contributed by atoms with Crippen LogP contribution >= 0.6 is 0 Å². The Labute approximate surface area is 153 Å². The van der Waals surface area contributed by atoms with Gasteiger partial charge in [0.25, 0.3) is 5.91 Å². The zero-order valence-corrected chi connectivity index (χ0v) is 14.7. The minimum Gasteiger partial charge on any atom is -0.378 e. The fourth-order valence-electron chi connectivity index (χ4n) is 3.31. The summed E-state index contributed by atoms with van der Waals surface area (Å²) >= 11 is 0. The second-order valence-corrected chi connectivity index (χ2v) is 6.57. The van der Waals surface area contributed by atoms with Gasteiger partial charge in [0.1, 0.15) is 0 Å². The van der Waals surface area contributed by atoms with Crippen LogP contribution in [-0.4, -0.2) is 60.2 Å². The summed E-state index contributed by atoms with van der Waals surface area (Å²) in [7, 11) is 0. The number of benzene rings is 1. The number of carbonyl (C=O) groups is 1. The van der Waals surface area contributed by atoms with E-state index in [4.69, 9.17) is 4.74 Å². The Morgan fingerprint density at radius 3 is 2.27 bits per heavy atom. The lowest BCUT2D eigenvalue weighted by Gasteiger charge is -2.26. The molecule has 1 amide bonds. The molecule has 4 rings (SSSR count). The van der Waals surface area contributed by atoms with Crippen molar-refractivity contribution < 1.29 is 9.53 Å². The first-order valence-corrected chi connectivity index (χ1v) is 9.11. The van der Waals surface area contributed by atoms with E-state index in [0.29, 0.717) is 37.8 Å². The van der Waals surface area contributed by atoms with Crippen LogP contribution < -0.4 is 10.2 Å². The van der Waals surface area contributed by atoms with Crippen molar-refractivity contribution in [3.8, 4) is 0 Å². The van der Waals surface area contributed by atoms with E-state index < -0.39 is 0 Å². The number of morpholine rings is 1. The Morgan fingerprint density at radius 1 is 0.962 bits per heavy atom. The molecule has 136 valence electrons. The highest BCUT2D eigenvalue weighted by Crippen LogP contribution is 2.23. The van der Waals surface area contributed by atoms with Gasteiger partial charge in [0.15, 0.2) is 0 Å². The minimum atomic E-state index is -0.0465. The predicted molar refractivity (Wildman–Crippen MR) is 99.9 cm³/mol. The lowest BCUT2D eigenvalue weighted by Crippen LogP contribution is -2.40. The Balaban J connectivity index is 1.38. The Bertz CT molecular complexity index is 736. The van der Waals surface area contributed by atoms with Gasteiger partial charge in [-0.2, -0.15) is 0 Å². The number of carbonyl (C=O) groups excluding carboxylic acids is 1. The van der Waals surface area contributed by atoms with Gasteiger partial charge < -0.3 is 19.9 Å². The van der Waals surface area contributed by atoms with Gasteiger partial charge in [0, 0.05) is 49.9 Å². The van der Waals surface area contributed by atoms with Crippen molar-refractivity contribution in [2.24, 2.45) is 0 Å². The number of aromatic nitrogens is 2. The van der Waals surface area contributed by atoms with Crippen molar-refractivity contribution >= 4 is 23.2 Å². The van der Waals surface area contributed by atoms with Crippen LogP contribution in [0.3, 0.4) is 0 Å². The van der Waals surface area contributed by atoms with E-state index in [1.54, 1.807) is 17.3 Å². The van der Waals surface area contributed by atoms with Crippen LogP contribution in [0.4, 0.5) is 17.3 Å². The number of anilines is 3. The molecule has 2 aromatic rings. The molecule has 0 saturated carbocycles. The Kier molecular flexibility index (Phi) is 4.97. The van der Waals surface area contributed by atoms with Crippen molar-refractivity contribution in [1.29, 1.82) is 0 Å². The predicted octanol–water partition coefficient (Wildman–Crippen LogP) is 2.29. The average molecular weight is 353 g/mol. The largest absolute Gasteiger partial charge is 0.378 e. The van der Waals surface area contributed by atoms with Gasteiger partial charge >= 0.3 is 0 Å². The van der Waals surface area contributed by atoms with E-state index in [1.807, 2.05) is 12.1 Å². The van der Waals surface area contributed by atoms with Crippen LogP contribution in [0.2, 0.25) is 0 Å². The highest BCUT2D eigenvalue weighted by Gasteiger charge is 2.19. The molecular formula is C19H23N5O2. The molecule has 2 aliphatic rings. The first kappa shape index (κ1) is 16.8. The molecular weight excluding hydrogens is 330 g/mol. The molecule has 7 nitrogen and oxygen atoms in total. The molecule has 0 radical (unpaired) electrons. The van der Waals surface area contributed by atoms with Gasteiger partial charge in [-0.1, -0.05) is 0 Å². The number of hydrogen-bond acceptors (Lipinski definition) is 6. The molecule has 0 bridgehead atoms. The SMILES string of the molecule is O=C(c1cnc(Nc2ccc(N3CCCC3)cc2)nc1)N1CCOCC1. The highest BCUT2D eigenvalue weighted by atomic mass is 16.5. The van der Waals surface area contributed by atoms with Crippen LogP contribution in [0.5, 0.6) is 0 Å². The molecule has 1 aromatic heterocycles. The topological polar surface area (TPSA) is 70.6 Å². The van der Waals surface area contributed by atoms with Gasteiger partial charge in [-0.15, -0.1) is 0 Å². The van der Waals surface area contributed by atoms with Crippen LogP contribution in [0.1, 0.15) is 23.2 Å². The third-order valence-corrected chi connectivity index (χ3v) is 4.79. The molecule has 7 heteroatoms. The van der Waals surface area contributed by atoms with Crippen LogP contribution in [0, 0.1) is 0 Å². The summed E-state index contributed by atoms with van der Waals surface area (Å²) in [5, 5.41) is 3.18. The normalized spacial score (nSPS) is 17.4. The Morgan fingerprint density at radius 2 is 1.62 bits per heavy atom. The van der Waals surface area contributed by atoms with E-state index in [1.165, 1.54) is 18.5 Å². The van der Waals surface area contributed by atoms with E-state index in [2.05, 4.69) is 32.3 Å². The van der Waals surface area contributed by atoms with Gasteiger partial charge in [-0.25, -0.2) is 9.97 Å². The highest BCUT2D eigenvalue weighted by molar-refractivity contribution is 5.93. The quantitative estimate of drug-likeness (QED) is 0.909. The van der Waals surface area contributed by atoms with E-state index in [0.717, 1.165) is 18.8 Å². The third kappa shape index (κ3) is 3.77. The summed E-state index contributed by atoms with van der Waals surface area (Å²) in [5.41, 5.74) is 2.68.